The Morgan fingerprint density at radius 2 is 1.83 bits per heavy atom. The Kier molecular flexibility index (Phi) is 4.36. The number of nitrogens with one attached hydrogen (secondary N) is 2. The number of anilines is 1. The van der Waals surface area contributed by atoms with Gasteiger partial charge in [0.15, 0.2) is 5.75 Å². The molecule has 124 valence electrons. The van der Waals surface area contributed by atoms with E-state index in [1.165, 1.54) is 20.3 Å². The zero-order chi connectivity index (χ0) is 17.4. The van der Waals surface area contributed by atoms with E-state index < -0.39 is 5.41 Å². The lowest BCUT2D eigenvalue weighted by atomic mass is 9.95. The molecule has 2 N–H and O–H groups in total. The standard InChI is InChI=1S/C17H22N2O4/c1-9-7-12(20)19-14-11(22-5)8-10(15(23-6)13(9)14)18-16(21)17(2,3)4/h7-8H,1-6H3,(H,18,21)(H,19,20). The van der Waals surface area contributed by atoms with Crippen molar-refractivity contribution in [2.24, 2.45) is 5.41 Å². The molecule has 1 amide bonds. The van der Waals surface area contributed by atoms with Gasteiger partial charge < -0.3 is 19.8 Å². The molecule has 0 atom stereocenters. The van der Waals surface area contributed by atoms with Gasteiger partial charge in [-0.1, -0.05) is 20.8 Å². The van der Waals surface area contributed by atoms with Gasteiger partial charge in [0.2, 0.25) is 11.5 Å². The van der Waals surface area contributed by atoms with Crippen LogP contribution in [0, 0.1) is 12.3 Å². The Morgan fingerprint density at radius 3 is 2.35 bits per heavy atom. The minimum absolute atomic E-state index is 0.140. The van der Waals surface area contributed by atoms with Gasteiger partial charge in [-0.3, -0.25) is 9.59 Å². The number of H-pyrrole nitrogens is 1. The van der Waals surface area contributed by atoms with Crippen LogP contribution in [-0.4, -0.2) is 25.1 Å². The first-order valence-electron chi connectivity index (χ1n) is 7.29. The summed E-state index contributed by atoms with van der Waals surface area (Å²) in [6.45, 7) is 7.30. The average Bonchev–Trinajstić information content (AvgIpc) is 2.45. The number of pyridine rings is 1. The average molecular weight is 318 g/mol. The largest absolute Gasteiger partial charge is 0.494 e. The van der Waals surface area contributed by atoms with Crippen LogP contribution in [0.5, 0.6) is 11.5 Å². The number of carbonyl (C=O) groups is 1. The molecule has 2 rings (SSSR count). The number of carbonyl (C=O) groups excluding carboxylic acids is 1. The van der Waals surface area contributed by atoms with Crippen LogP contribution in [-0.2, 0) is 4.79 Å². The fourth-order valence-electron chi connectivity index (χ4n) is 2.34. The minimum atomic E-state index is -0.548. The molecular formula is C17H22N2O4. The van der Waals surface area contributed by atoms with Gasteiger partial charge in [0.05, 0.1) is 25.4 Å². The van der Waals surface area contributed by atoms with Crippen LogP contribution in [0.2, 0.25) is 0 Å². The molecule has 0 bridgehead atoms. The molecule has 0 saturated heterocycles. The molecule has 0 aliphatic carbocycles. The lowest BCUT2D eigenvalue weighted by Gasteiger charge is -2.21. The molecule has 0 unspecified atom stereocenters. The molecule has 0 spiro atoms. The topological polar surface area (TPSA) is 80.4 Å². The maximum atomic E-state index is 12.3. The minimum Gasteiger partial charge on any atom is -0.494 e. The van der Waals surface area contributed by atoms with Crippen molar-refractivity contribution < 1.29 is 14.3 Å². The highest BCUT2D eigenvalue weighted by molar-refractivity contribution is 6.03. The van der Waals surface area contributed by atoms with Gasteiger partial charge in [-0.25, -0.2) is 0 Å². The molecule has 0 aliphatic rings. The number of ether oxygens (including phenoxy) is 2. The number of aromatic amines is 1. The number of aromatic nitrogens is 1. The van der Waals surface area contributed by atoms with Gasteiger partial charge in [-0.2, -0.15) is 0 Å². The molecule has 2 aromatic rings. The van der Waals surface area contributed by atoms with E-state index in [2.05, 4.69) is 10.3 Å². The van der Waals surface area contributed by atoms with Gasteiger partial charge in [0.1, 0.15) is 5.75 Å². The normalized spacial score (nSPS) is 11.4. The van der Waals surface area contributed by atoms with Crippen LogP contribution in [0.4, 0.5) is 5.69 Å². The van der Waals surface area contributed by atoms with Crippen molar-refractivity contribution in [1.82, 2.24) is 4.98 Å². The molecule has 6 heteroatoms. The van der Waals surface area contributed by atoms with Gasteiger partial charge >= 0.3 is 0 Å². The van der Waals surface area contributed by atoms with Crippen LogP contribution in [0.25, 0.3) is 10.9 Å². The SMILES string of the molecule is COc1cc(NC(=O)C(C)(C)C)c(OC)c2c(C)cc(=O)[nH]c12. The van der Waals surface area contributed by atoms with E-state index in [0.717, 1.165) is 5.56 Å². The summed E-state index contributed by atoms with van der Waals surface area (Å²) in [7, 11) is 3.04. The second kappa shape index (κ2) is 5.95. The Hall–Kier alpha value is -2.50. The van der Waals surface area contributed by atoms with Crippen molar-refractivity contribution in [2.45, 2.75) is 27.7 Å². The predicted molar refractivity (Wildman–Crippen MR) is 90.5 cm³/mol. The molecule has 1 heterocycles. The summed E-state index contributed by atoms with van der Waals surface area (Å²) in [4.78, 5) is 26.8. The first-order valence-corrected chi connectivity index (χ1v) is 7.29. The lowest BCUT2D eigenvalue weighted by Crippen LogP contribution is -2.27. The second-order valence-electron chi connectivity index (χ2n) is 6.43. The van der Waals surface area contributed by atoms with Gasteiger partial charge in [0.25, 0.3) is 0 Å². The van der Waals surface area contributed by atoms with E-state index in [-0.39, 0.29) is 11.5 Å². The van der Waals surface area contributed by atoms with Crippen molar-refractivity contribution in [3.63, 3.8) is 0 Å². The molecule has 1 aromatic carbocycles. The highest BCUT2D eigenvalue weighted by Crippen LogP contribution is 2.40. The summed E-state index contributed by atoms with van der Waals surface area (Å²) in [6.07, 6.45) is 0. The first-order chi connectivity index (χ1) is 10.7. The van der Waals surface area contributed by atoms with E-state index in [0.29, 0.717) is 28.1 Å². The quantitative estimate of drug-likeness (QED) is 0.912. The number of hydrogen-bond acceptors (Lipinski definition) is 4. The summed E-state index contributed by atoms with van der Waals surface area (Å²) >= 11 is 0. The van der Waals surface area contributed by atoms with Gasteiger partial charge in [0, 0.05) is 22.9 Å². The highest BCUT2D eigenvalue weighted by atomic mass is 16.5. The number of hydrogen-bond donors (Lipinski definition) is 2. The van der Waals surface area contributed by atoms with E-state index in [4.69, 9.17) is 9.47 Å². The van der Waals surface area contributed by atoms with Gasteiger partial charge in [-0.15, -0.1) is 0 Å². The smallest absolute Gasteiger partial charge is 0.248 e. The summed E-state index contributed by atoms with van der Waals surface area (Å²) in [5.74, 6) is 0.817. The second-order valence-corrected chi connectivity index (χ2v) is 6.43. The third kappa shape index (κ3) is 3.16. The van der Waals surface area contributed by atoms with Crippen molar-refractivity contribution >= 4 is 22.5 Å². The molecular weight excluding hydrogens is 296 g/mol. The summed E-state index contributed by atoms with van der Waals surface area (Å²) in [5.41, 5.74) is 1.02. The van der Waals surface area contributed by atoms with E-state index in [1.54, 1.807) is 6.07 Å². The third-order valence-electron chi connectivity index (χ3n) is 3.59. The van der Waals surface area contributed by atoms with Crippen LogP contribution >= 0.6 is 0 Å². The van der Waals surface area contributed by atoms with Crippen molar-refractivity contribution in [3.05, 3.63) is 28.0 Å². The Morgan fingerprint density at radius 1 is 1.17 bits per heavy atom. The predicted octanol–water partition coefficient (Wildman–Crippen LogP) is 2.84. The van der Waals surface area contributed by atoms with Gasteiger partial charge in [-0.05, 0) is 12.5 Å². The summed E-state index contributed by atoms with van der Waals surface area (Å²) < 4.78 is 10.9. The van der Waals surface area contributed by atoms with Crippen LogP contribution in [0.3, 0.4) is 0 Å². The molecule has 23 heavy (non-hydrogen) atoms. The van der Waals surface area contributed by atoms with E-state index >= 15 is 0 Å². The number of amides is 1. The van der Waals surface area contributed by atoms with Crippen molar-refractivity contribution in [1.29, 1.82) is 0 Å². The summed E-state index contributed by atoms with van der Waals surface area (Å²) in [6, 6.07) is 3.14. The molecule has 1 aromatic heterocycles. The Balaban J connectivity index is 2.76. The van der Waals surface area contributed by atoms with Crippen LogP contribution in [0.1, 0.15) is 26.3 Å². The maximum absolute atomic E-state index is 12.3. The molecule has 0 radical (unpaired) electrons. The Bertz CT molecular complexity index is 816. The third-order valence-corrected chi connectivity index (χ3v) is 3.59. The number of benzene rings is 1. The fraction of sp³-hybridized carbons (Fsp3) is 0.412. The molecule has 0 saturated carbocycles. The highest BCUT2D eigenvalue weighted by Gasteiger charge is 2.24. The first kappa shape index (κ1) is 16.9. The zero-order valence-corrected chi connectivity index (χ0v) is 14.3. The fourth-order valence-corrected chi connectivity index (χ4v) is 2.34. The van der Waals surface area contributed by atoms with Crippen LogP contribution < -0.4 is 20.3 Å². The number of rotatable bonds is 3. The monoisotopic (exact) mass is 318 g/mol. The zero-order valence-electron chi connectivity index (χ0n) is 14.3. The molecule has 0 fully saturated rings. The van der Waals surface area contributed by atoms with Crippen LogP contribution in [0.15, 0.2) is 16.9 Å². The number of methoxy groups -OCH3 is 2. The van der Waals surface area contributed by atoms with Crippen molar-refractivity contribution in [2.75, 3.05) is 19.5 Å². The lowest BCUT2D eigenvalue weighted by molar-refractivity contribution is -0.123. The molecule has 6 nitrogen and oxygen atoms in total. The Labute approximate surface area is 134 Å². The van der Waals surface area contributed by atoms with E-state index in [9.17, 15) is 9.59 Å². The summed E-state index contributed by atoms with van der Waals surface area (Å²) in [5, 5.41) is 3.58. The van der Waals surface area contributed by atoms with E-state index in [1.807, 2.05) is 27.7 Å². The molecule has 0 aliphatic heterocycles. The number of aryl methyl sites for hydroxylation is 1. The number of fused-ring (bicyclic) bond motifs is 1. The maximum Gasteiger partial charge on any atom is 0.248 e. The van der Waals surface area contributed by atoms with Crippen molar-refractivity contribution in [3.8, 4) is 11.5 Å².